The molecule has 1 aromatic heterocycles. The van der Waals surface area contributed by atoms with Crippen LogP contribution < -0.4 is 0 Å². The summed E-state index contributed by atoms with van der Waals surface area (Å²) >= 11 is 0. The SMILES string of the molecule is CCCC(O)c1noc(C2CCC(F)(F)CC2)n1. The summed E-state index contributed by atoms with van der Waals surface area (Å²) in [6.07, 6.45) is 1.12. The van der Waals surface area contributed by atoms with Gasteiger partial charge >= 0.3 is 0 Å². The number of aliphatic hydroxyl groups is 1. The Kier molecular flexibility index (Phi) is 3.94. The molecule has 0 saturated heterocycles. The van der Waals surface area contributed by atoms with Gasteiger partial charge in [-0.05, 0) is 19.3 Å². The van der Waals surface area contributed by atoms with Gasteiger partial charge in [-0.25, -0.2) is 8.78 Å². The van der Waals surface area contributed by atoms with Crippen LogP contribution in [0, 0.1) is 0 Å². The van der Waals surface area contributed by atoms with Crippen LogP contribution in [0.2, 0.25) is 0 Å². The molecule has 0 spiro atoms. The van der Waals surface area contributed by atoms with E-state index in [0.717, 1.165) is 6.42 Å². The van der Waals surface area contributed by atoms with Gasteiger partial charge in [-0.3, -0.25) is 0 Å². The molecule has 102 valence electrons. The van der Waals surface area contributed by atoms with Gasteiger partial charge in [0.15, 0.2) is 5.82 Å². The Morgan fingerprint density at radius 2 is 2.11 bits per heavy atom. The number of rotatable bonds is 4. The molecule has 0 aliphatic heterocycles. The van der Waals surface area contributed by atoms with Gasteiger partial charge in [-0.1, -0.05) is 18.5 Å². The predicted octanol–water partition coefficient (Wildman–Crippen LogP) is 3.20. The third-order valence-corrected chi connectivity index (χ3v) is 3.38. The van der Waals surface area contributed by atoms with Gasteiger partial charge < -0.3 is 9.63 Å². The molecule has 1 aromatic rings. The van der Waals surface area contributed by atoms with Crippen LogP contribution >= 0.6 is 0 Å². The zero-order valence-corrected chi connectivity index (χ0v) is 10.4. The zero-order valence-electron chi connectivity index (χ0n) is 10.4. The van der Waals surface area contributed by atoms with Crippen molar-refractivity contribution in [1.82, 2.24) is 10.1 Å². The topological polar surface area (TPSA) is 59.2 Å². The standard InChI is InChI=1S/C12H18F2N2O2/c1-2-3-9(17)10-15-11(18-16-10)8-4-6-12(13,14)7-5-8/h8-9,17H,2-7H2,1H3. The van der Waals surface area contributed by atoms with E-state index in [4.69, 9.17) is 4.52 Å². The highest BCUT2D eigenvalue weighted by molar-refractivity contribution is 4.99. The second-order valence-electron chi connectivity index (χ2n) is 4.93. The molecule has 0 radical (unpaired) electrons. The van der Waals surface area contributed by atoms with Crippen molar-refractivity contribution < 1.29 is 18.4 Å². The molecule has 0 bridgehead atoms. The van der Waals surface area contributed by atoms with E-state index in [2.05, 4.69) is 10.1 Å². The summed E-state index contributed by atoms with van der Waals surface area (Å²) in [7, 11) is 0. The van der Waals surface area contributed by atoms with Crippen LogP contribution in [-0.4, -0.2) is 21.2 Å². The summed E-state index contributed by atoms with van der Waals surface area (Å²) in [4.78, 5) is 4.13. The van der Waals surface area contributed by atoms with Gasteiger partial charge in [0.05, 0.1) is 0 Å². The van der Waals surface area contributed by atoms with Crippen molar-refractivity contribution in [3.05, 3.63) is 11.7 Å². The summed E-state index contributed by atoms with van der Waals surface area (Å²) in [5, 5.41) is 13.4. The predicted molar refractivity (Wildman–Crippen MR) is 60.3 cm³/mol. The monoisotopic (exact) mass is 260 g/mol. The molecule has 1 fully saturated rings. The van der Waals surface area contributed by atoms with Crippen molar-refractivity contribution in [2.45, 2.75) is 63.4 Å². The lowest BCUT2D eigenvalue weighted by Gasteiger charge is -2.25. The molecule has 1 saturated carbocycles. The van der Waals surface area contributed by atoms with Crippen molar-refractivity contribution in [3.63, 3.8) is 0 Å². The first-order valence-electron chi connectivity index (χ1n) is 6.41. The number of alkyl halides is 2. The Labute approximate surface area is 104 Å². The van der Waals surface area contributed by atoms with E-state index in [1.54, 1.807) is 0 Å². The Morgan fingerprint density at radius 1 is 1.44 bits per heavy atom. The van der Waals surface area contributed by atoms with Gasteiger partial charge in [0.2, 0.25) is 11.8 Å². The van der Waals surface area contributed by atoms with E-state index in [1.807, 2.05) is 6.92 Å². The molecular formula is C12H18F2N2O2. The average Bonchev–Trinajstić information content (AvgIpc) is 2.79. The number of halogens is 2. The van der Waals surface area contributed by atoms with Crippen LogP contribution in [-0.2, 0) is 0 Å². The highest BCUT2D eigenvalue weighted by atomic mass is 19.3. The quantitative estimate of drug-likeness (QED) is 0.903. The summed E-state index contributed by atoms with van der Waals surface area (Å²) in [6, 6.07) is 0. The fourth-order valence-electron chi connectivity index (χ4n) is 2.24. The Morgan fingerprint density at radius 3 is 2.72 bits per heavy atom. The van der Waals surface area contributed by atoms with E-state index < -0.39 is 12.0 Å². The van der Waals surface area contributed by atoms with E-state index >= 15 is 0 Å². The molecule has 0 amide bonds. The number of hydrogen-bond donors (Lipinski definition) is 1. The summed E-state index contributed by atoms with van der Waals surface area (Å²) in [5.41, 5.74) is 0. The summed E-state index contributed by atoms with van der Waals surface area (Å²) in [5.74, 6) is -2.00. The minimum absolute atomic E-state index is 0.0975. The van der Waals surface area contributed by atoms with Crippen molar-refractivity contribution >= 4 is 0 Å². The molecule has 18 heavy (non-hydrogen) atoms. The number of hydrogen-bond acceptors (Lipinski definition) is 4. The van der Waals surface area contributed by atoms with Crippen LogP contribution in [0.1, 0.15) is 69.2 Å². The van der Waals surface area contributed by atoms with Crippen molar-refractivity contribution in [2.75, 3.05) is 0 Å². The lowest BCUT2D eigenvalue weighted by molar-refractivity contribution is -0.0402. The van der Waals surface area contributed by atoms with Crippen molar-refractivity contribution in [3.8, 4) is 0 Å². The molecule has 1 aliphatic carbocycles. The Bertz CT molecular complexity index is 385. The molecule has 1 atom stereocenters. The molecule has 1 unspecified atom stereocenters. The largest absolute Gasteiger partial charge is 0.385 e. The minimum atomic E-state index is -2.55. The highest BCUT2D eigenvalue weighted by Crippen LogP contribution is 2.40. The number of aromatic nitrogens is 2. The van der Waals surface area contributed by atoms with Crippen molar-refractivity contribution in [2.24, 2.45) is 0 Å². The van der Waals surface area contributed by atoms with Crippen LogP contribution in [0.4, 0.5) is 8.78 Å². The second-order valence-corrected chi connectivity index (χ2v) is 4.93. The highest BCUT2D eigenvalue weighted by Gasteiger charge is 2.37. The molecule has 1 aliphatic rings. The third kappa shape index (κ3) is 3.04. The fraction of sp³-hybridized carbons (Fsp3) is 0.833. The maximum absolute atomic E-state index is 13.0. The molecule has 1 heterocycles. The molecule has 4 nitrogen and oxygen atoms in total. The lowest BCUT2D eigenvalue weighted by Crippen LogP contribution is -2.23. The summed E-state index contributed by atoms with van der Waals surface area (Å²) in [6.45, 7) is 1.95. The molecule has 1 N–H and O–H groups in total. The second kappa shape index (κ2) is 5.30. The maximum Gasteiger partial charge on any atom is 0.248 e. The van der Waals surface area contributed by atoms with Gasteiger partial charge in [-0.2, -0.15) is 4.98 Å². The molecule has 6 heteroatoms. The van der Waals surface area contributed by atoms with Crippen molar-refractivity contribution in [1.29, 1.82) is 0 Å². The summed E-state index contributed by atoms with van der Waals surface area (Å²) < 4.78 is 31.1. The van der Waals surface area contributed by atoms with E-state index in [-0.39, 0.29) is 24.6 Å². The smallest absolute Gasteiger partial charge is 0.248 e. The third-order valence-electron chi connectivity index (χ3n) is 3.38. The van der Waals surface area contributed by atoms with Crippen LogP contribution in [0.3, 0.4) is 0 Å². The van der Waals surface area contributed by atoms with Crippen LogP contribution in [0.15, 0.2) is 4.52 Å². The molecule has 2 rings (SSSR count). The normalized spacial score (nSPS) is 22.0. The number of aliphatic hydroxyl groups excluding tert-OH is 1. The zero-order chi connectivity index (χ0) is 13.2. The van der Waals surface area contributed by atoms with Crippen LogP contribution in [0.5, 0.6) is 0 Å². The fourth-order valence-corrected chi connectivity index (χ4v) is 2.24. The van der Waals surface area contributed by atoms with E-state index in [1.165, 1.54) is 0 Å². The first-order valence-corrected chi connectivity index (χ1v) is 6.41. The molecule has 0 aromatic carbocycles. The average molecular weight is 260 g/mol. The Balaban J connectivity index is 1.98. The Hall–Kier alpha value is -1.04. The van der Waals surface area contributed by atoms with Gasteiger partial charge in [0.25, 0.3) is 0 Å². The van der Waals surface area contributed by atoms with Crippen LogP contribution in [0.25, 0.3) is 0 Å². The van der Waals surface area contributed by atoms with Gasteiger partial charge in [0, 0.05) is 18.8 Å². The molecular weight excluding hydrogens is 242 g/mol. The van der Waals surface area contributed by atoms with Gasteiger partial charge in [-0.15, -0.1) is 0 Å². The maximum atomic E-state index is 13.0. The minimum Gasteiger partial charge on any atom is -0.385 e. The van der Waals surface area contributed by atoms with E-state index in [9.17, 15) is 13.9 Å². The van der Waals surface area contributed by atoms with Gasteiger partial charge in [0.1, 0.15) is 6.10 Å². The first kappa shape index (κ1) is 13.4. The van der Waals surface area contributed by atoms with E-state index in [0.29, 0.717) is 25.2 Å². The lowest BCUT2D eigenvalue weighted by atomic mass is 9.87. The number of nitrogens with zero attached hydrogens (tertiary/aromatic N) is 2. The first-order chi connectivity index (χ1) is 8.52.